The summed E-state index contributed by atoms with van der Waals surface area (Å²) in [4.78, 5) is 31.4. The van der Waals surface area contributed by atoms with E-state index < -0.39 is 0 Å². The zero-order valence-corrected chi connectivity index (χ0v) is 19.4. The Balaban J connectivity index is 1.71. The van der Waals surface area contributed by atoms with E-state index in [1.54, 1.807) is 0 Å². The number of rotatable bonds is 9. The van der Waals surface area contributed by atoms with Crippen molar-refractivity contribution in [2.24, 2.45) is 0 Å². The molecule has 2 amide bonds. The minimum atomic E-state index is -0.252. The van der Waals surface area contributed by atoms with E-state index >= 15 is 0 Å². The van der Waals surface area contributed by atoms with E-state index in [2.05, 4.69) is 6.92 Å². The highest BCUT2D eigenvalue weighted by atomic mass is 32.1. The summed E-state index contributed by atoms with van der Waals surface area (Å²) >= 11 is 1.49. The summed E-state index contributed by atoms with van der Waals surface area (Å²) in [5.74, 6) is -0.502. The monoisotopic (exact) mass is 444 g/mol. The minimum absolute atomic E-state index is 0.250. The molecule has 2 aromatic carbocycles. The van der Waals surface area contributed by atoms with Crippen molar-refractivity contribution in [1.82, 2.24) is 4.90 Å². The Labute approximate surface area is 193 Å². The van der Waals surface area contributed by atoms with Gasteiger partial charge in [-0.3, -0.25) is 9.59 Å². The Morgan fingerprint density at radius 1 is 0.844 bits per heavy atom. The highest BCUT2D eigenvalue weighted by Gasteiger charge is 2.42. The van der Waals surface area contributed by atoms with Crippen LogP contribution in [0.15, 0.2) is 77.8 Å². The molecule has 32 heavy (non-hydrogen) atoms. The lowest BCUT2D eigenvalue weighted by molar-refractivity contribution is -0.120. The van der Waals surface area contributed by atoms with Gasteiger partial charge in [-0.1, -0.05) is 61.9 Å². The molecule has 164 valence electrons. The molecule has 3 aromatic rings. The zero-order chi connectivity index (χ0) is 22.5. The second-order valence-electron chi connectivity index (χ2n) is 7.92. The number of thiophene rings is 1. The first kappa shape index (κ1) is 22.0. The second kappa shape index (κ2) is 9.96. The Hall–Kier alpha value is -3.18. The Morgan fingerprint density at radius 2 is 1.59 bits per heavy atom. The van der Waals surface area contributed by atoms with Crippen LogP contribution in [0.4, 0.5) is 5.69 Å². The van der Waals surface area contributed by atoms with Gasteiger partial charge in [0.2, 0.25) is 0 Å². The second-order valence-corrected chi connectivity index (χ2v) is 8.86. The van der Waals surface area contributed by atoms with Gasteiger partial charge in [0.1, 0.15) is 5.70 Å². The number of hydrogen-bond acceptors (Lipinski definition) is 4. The van der Waals surface area contributed by atoms with Crippen LogP contribution in [0.1, 0.15) is 42.7 Å². The summed E-state index contributed by atoms with van der Waals surface area (Å²) in [6.45, 7) is 5.39. The van der Waals surface area contributed by atoms with Gasteiger partial charge in [0.05, 0.1) is 11.3 Å². The zero-order valence-electron chi connectivity index (χ0n) is 18.6. The number of carbonyl (C=O) groups excluding carboxylic acids is 2. The molecule has 0 aliphatic carbocycles. The van der Waals surface area contributed by atoms with Crippen LogP contribution >= 0.6 is 11.3 Å². The SMILES string of the molecule is CCCCc1ccc(N2C(=O)C(c3cccs3)=C(N(CC)Cc3ccccc3)C2=O)cc1. The number of carbonyl (C=O) groups is 2. The molecule has 1 aliphatic rings. The maximum atomic E-state index is 13.7. The number of amides is 2. The maximum absolute atomic E-state index is 13.7. The minimum Gasteiger partial charge on any atom is -0.362 e. The van der Waals surface area contributed by atoms with Gasteiger partial charge < -0.3 is 4.90 Å². The number of benzene rings is 2. The molecular weight excluding hydrogens is 416 g/mol. The third-order valence-electron chi connectivity index (χ3n) is 5.75. The van der Waals surface area contributed by atoms with E-state index in [1.165, 1.54) is 21.8 Å². The molecule has 0 spiro atoms. The molecule has 1 aliphatic heterocycles. The van der Waals surface area contributed by atoms with Crippen molar-refractivity contribution < 1.29 is 9.59 Å². The molecule has 5 heteroatoms. The Kier molecular flexibility index (Phi) is 6.86. The van der Waals surface area contributed by atoms with Gasteiger partial charge in [0.15, 0.2) is 0 Å². The molecule has 2 heterocycles. The van der Waals surface area contributed by atoms with Crippen LogP contribution in [0.3, 0.4) is 0 Å². The first-order valence-corrected chi connectivity index (χ1v) is 12.1. The molecule has 0 unspecified atom stereocenters. The predicted molar refractivity (Wildman–Crippen MR) is 131 cm³/mol. The van der Waals surface area contributed by atoms with Gasteiger partial charge in [-0.15, -0.1) is 11.3 Å². The van der Waals surface area contributed by atoms with Crippen molar-refractivity contribution in [2.45, 2.75) is 39.7 Å². The molecule has 0 saturated carbocycles. The summed E-state index contributed by atoms with van der Waals surface area (Å²) in [5.41, 5.74) is 3.93. The predicted octanol–water partition coefficient (Wildman–Crippen LogP) is 5.90. The first-order chi connectivity index (χ1) is 15.6. The van der Waals surface area contributed by atoms with E-state index in [4.69, 9.17) is 0 Å². The van der Waals surface area contributed by atoms with E-state index in [0.29, 0.717) is 30.0 Å². The largest absolute Gasteiger partial charge is 0.362 e. The highest BCUT2D eigenvalue weighted by molar-refractivity contribution is 7.11. The van der Waals surface area contributed by atoms with Crippen molar-refractivity contribution in [1.29, 1.82) is 0 Å². The molecule has 0 fully saturated rings. The smallest absolute Gasteiger partial charge is 0.282 e. The lowest BCUT2D eigenvalue weighted by Gasteiger charge is -2.25. The molecular formula is C27H28N2O2S. The number of hydrogen-bond donors (Lipinski definition) is 0. The van der Waals surface area contributed by atoms with E-state index in [-0.39, 0.29) is 11.8 Å². The first-order valence-electron chi connectivity index (χ1n) is 11.2. The fraction of sp³-hybridized carbons (Fsp3) is 0.259. The fourth-order valence-electron chi connectivity index (χ4n) is 4.03. The number of unbranched alkanes of at least 4 members (excludes halogenated alkanes) is 1. The van der Waals surface area contributed by atoms with E-state index in [1.807, 2.05) is 83.9 Å². The lowest BCUT2D eigenvalue weighted by Crippen LogP contribution is -2.35. The number of likely N-dealkylation sites (N-methyl/N-ethyl adjacent to an activating group) is 1. The molecule has 0 radical (unpaired) electrons. The fourth-order valence-corrected chi connectivity index (χ4v) is 4.80. The molecule has 4 nitrogen and oxygen atoms in total. The summed E-state index contributed by atoms with van der Waals surface area (Å²) in [6, 6.07) is 21.7. The summed E-state index contributed by atoms with van der Waals surface area (Å²) in [5, 5.41) is 1.94. The average molecular weight is 445 g/mol. The van der Waals surface area contributed by atoms with E-state index in [0.717, 1.165) is 29.7 Å². The summed E-state index contributed by atoms with van der Waals surface area (Å²) < 4.78 is 0. The van der Waals surface area contributed by atoms with Crippen LogP contribution < -0.4 is 4.90 Å². The van der Waals surface area contributed by atoms with Gasteiger partial charge in [0, 0.05) is 18.0 Å². The molecule has 0 N–H and O–H groups in total. The van der Waals surface area contributed by atoms with Gasteiger partial charge in [0.25, 0.3) is 11.8 Å². The normalized spacial score (nSPS) is 13.9. The molecule has 1 aromatic heterocycles. The topological polar surface area (TPSA) is 40.6 Å². The average Bonchev–Trinajstić information content (AvgIpc) is 3.43. The summed E-state index contributed by atoms with van der Waals surface area (Å²) in [7, 11) is 0. The van der Waals surface area contributed by atoms with Crippen molar-refractivity contribution in [3.8, 4) is 0 Å². The maximum Gasteiger partial charge on any atom is 0.282 e. The Bertz CT molecular complexity index is 1100. The third kappa shape index (κ3) is 4.39. The molecule has 0 bridgehead atoms. The van der Waals surface area contributed by atoms with Gasteiger partial charge >= 0.3 is 0 Å². The van der Waals surface area contributed by atoms with Crippen LogP contribution in [0.2, 0.25) is 0 Å². The standard InChI is InChI=1S/C27H28N2O2S/c1-3-5-10-20-14-16-22(17-15-20)29-26(30)24(23-13-9-18-32-23)25(27(29)31)28(4-2)19-21-11-7-6-8-12-21/h6-9,11-18H,3-5,10,19H2,1-2H3. The summed E-state index contributed by atoms with van der Waals surface area (Å²) in [6.07, 6.45) is 3.26. The third-order valence-corrected chi connectivity index (χ3v) is 6.64. The van der Waals surface area contributed by atoms with Gasteiger partial charge in [-0.25, -0.2) is 4.90 Å². The number of anilines is 1. The van der Waals surface area contributed by atoms with Crippen molar-refractivity contribution in [3.05, 3.63) is 93.8 Å². The van der Waals surface area contributed by atoms with E-state index in [9.17, 15) is 9.59 Å². The number of aryl methyl sites for hydroxylation is 1. The van der Waals surface area contributed by atoms with Crippen molar-refractivity contribution in [3.63, 3.8) is 0 Å². The van der Waals surface area contributed by atoms with Crippen molar-refractivity contribution in [2.75, 3.05) is 11.4 Å². The van der Waals surface area contributed by atoms with Crippen molar-refractivity contribution >= 4 is 34.4 Å². The molecule has 4 rings (SSSR count). The van der Waals surface area contributed by atoms with Crippen LogP contribution in [0, 0.1) is 0 Å². The molecule has 0 saturated heterocycles. The van der Waals surface area contributed by atoms with Crippen LogP contribution in [-0.4, -0.2) is 23.3 Å². The number of imide groups is 1. The van der Waals surface area contributed by atoms with Gasteiger partial charge in [-0.2, -0.15) is 0 Å². The van der Waals surface area contributed by atoms with Crippen LogP contribution in [-0.2, 0) is 22.6 Å². The quantitative estimate of drug-likeness (QED) is 0.386. The molecule has 0 atom stereocenters. The highest BCUT2D eigenvalue weighted by Crippen LogP contribution is 2.37. The lowest BCUT2D eigenvalue weighted by atomic mass is 10.1. The van der Waals surface area contributed by atoms with Gasteiger partial charge in [-0.05, 0) is 54.5 Å². The van der Waals surface area contributed by atoms with Crippen LogP contribution in [0.25, 0.3) is 5.57 Å². The Morgan fingerprint density at radius 3 is 2.22 bits per heavy atom. The number of nitrogens with zero attached hydrogens (tertiary/aromatic N) is 2. The van der Waals surface area contributed by atoms with Crippen LogP contribution in [0.5, 0.6) is 0 Å².